The van der Waals surface area contributed by atoms with Crippen LogP contribution in [0.15, 0.2) is 48.5 Å². The van der Waals surface area contributed by atoms with Crippen LogP contribution in [0.1, 0.15) is 47.9 Å². The fourth-order valence-corrected chi connectivity index (χ4v) is 2.31. The van der Waals surface area contributed by atoms with Crippen LogP contribution >= 0.6 is 0 Å². The first kappa shape index (κ1) is 20.2. The highest BCUT2D eigenvalue weighted by molar-refractivity contribution is 6.09. The number of hydrogen-bond acceptors (Lipinski definition) is 3. The van der Waals surface area contributed by atoms with Crippen LogP contribution in [-0.4, -0.2) is 24.3 Å². The van der Waals surface area contributed by atoms with Crippen molar-refractivity contribution in [2.45, 2.75) is 27.2 Å². The summed E-state index contributed by atoms with van der Waals surface area (Å²) in [4.78, 5) is 36.5. The molecule has 0 spiro atoms. The summed E-state index contributed by atoms with van der Waals surface area (Å²) in [7, 11) is 0. The number of hydrogen-bond donors (Lipinski definition) is 3. The highest BCUT2D eigenvalue weighted by atomic mass is 16.2. The maximum absolute atomic E-state index is 12.5. The van der Waals surface area contributed by atoms with Gasteiger partial charge in [0.15, 0.2) is 0 Å². The van der Waals surface area contributed by atoms with Crippen molar-refractivity contribution in [1.29, 1.82) is 0 Å². The van der Waals surface area contributed by atoms with E-state index < -0.39 is 0 Å². The van der Waals surface area contributed by atoms with E-state index in [0.29, 0.717) is 29.0 Å². The SMILES string of the molecule is CCCNC(=O)c1ccccc1NC(=O)c1ccc(NC(=O)C(C)C)cc1. The van der Waals surface area contributed by atoms with E-state index in [2.05, 4.69) is 16.0 Å². The summed E-state index contributed by atoms with van der Waals surface area (Å²) in [6.07, 6.45) is 0.833. The smallest absolute Gasteiger partial charge is 0.255 e. The van der Waals surface area contributed by atoms with Crippen molar-refractivity contribution in [1.82, 2.24) is 5.32 Å². The fourth-order valence-electron chi connectivity index (χ4n) is 2.31. The van der Waals surface area contributed by atoms with Gasteiger partial charge in [-0.2, -0.15) is 0 Å². The van der Waals surface area contributed by atoms with Gasteiger partial charge in [-0.25, -0.2) is 0 Å². The zero-order chi connectivity index (χ0) is 19.8. The van der Waals surface area contributed by atoms with E-state index >= 15 is 0 Å². The Morgan fingerprint density at radius 3 is 2.19 bits per heavy atom. The van der Waals surface area contributed by atoms with Gasteiger partial charge in [-0.3, -0.25) is 14.4 Å². The molecule has 6 heteroatoms. The van der Waals surface area contributed by atoms with Gasteiger partial charge in [-0.1, -0.05) is 32.9 Å². The van der Waals surface area contributed by atoms with Crippen molar-refractivity contribution in [2.24, 2.45) is 5.92 Å². The molecule has 0 unspecified atom stereocenters. The Kier molecular flexibility index (Phi) is 7.11. The minimum absolute atomic E-state index is 0.0841. The van der Waals surface area contributed by atoms with Crippen LogP contribution < -0.4 is 16.0 Å². The average molecular weight is 367 g/mol. The van der Waals surface area contributed by atoms with Crippen LogP contribution in [0.3, 0.4) is 0 Å². The lowest BCUT2D eigenvalue weighted by molar-refractivity contribution is -0.118. The van der Waals surface area contributed by atoms with Gasteiger partial charge >= 0.3 is 0 Å². The molecule has 0 radical (unpaired) electrons. The third-order valence-electron chi connectivity index (χ3n) is 3.89. The molecule has 2 aromatic rings. The van der Waals surface area contributed by atoms with Gasteiger partial charge in [0.25, 0.3) is 11.8 Å². The Morgan fingerprint density at radius 2 is 1.56 bits per heavy atom. The number of benzene rings is 2. The molecule has 0 heterocycles. The molecule has 0 saturated heterocycles. The van der Waals surface area contributed by atoms with E-state index in [9.17, 15) is 14.4 Å². The van der Waals surface area contributed by atoms with E-state index in [0.717, 1.165) is 6.42 Å². The number of amides is 3. The van der Waals surface area contributed by atoms with Crippen molar-refractivity contribution in [3.8, 4) is 0 Å². The van der Waals surface area contributed by atoms with E-state index in [1.807, 2.05) is 20.8 Å². The van der Waals surface area contributed by atoms with Gasteiger partial charge in [-0.15, -0.1) is 0 Å². The number of rotatable bonds is 7. The molecule has 3 N–H and O–H groups in total. The third-order valence-corrected chi connectivity index (χ3v) is 3.89. The van der Waals surface area contributed by atoms with Crippen LogP contribution in [0.4, 0.5) is 11.4 Å². The van der Waals surface area contributed by atoms with Gasteiger partial charge in [0.1, 0.15) is 0 Å². The second-order valence-electron chi connectivity index (χ2n) is 6.48. The summed E-state index contributed by atoms with van der Waals surface area (Å²) in [5, 5.41) is 8.36. The molecule has 0 aromatic heterocycles. The van der Waals surface area contributed by atoms with E-state index in [-0.39, 0.29) is 23.6 Å². The number of para-hydroxylation sites is 1. The molecule has 0 aliphatic rings. The summed E-state index contributed by atoms with van der Waals surface area (Å²) in [5.74, 6) is -0.755. The predicted molar refractivity (Wildman–Crippen MR) is 107 cm³/mol. The van der Waals surface area contributed by atoms with Crippen LogP contribution in [0, 0.1) is 5.92 Å². The van der Waals surface area contributed by atoms with Gasteiger partial charge in [0.05, 0.1) is 11.3 Å². The molecule has 0 aliphatic heterocycles. The van der Waals surface area contributed by atoms with E-state index in [4.69, 9.17) is 0 Å². The monoisotopic (exact) mass is 367 g/mol. The van der Waals surface area contributed by atoms with E-state index in [1.54, 1.807) is 48.5 Å². The molecule has 3 amide bonds. The third kappa shape index (κ3) is 5.67. The van der Waals surface area contributed by atoms with Crippen LogP contribution in [0.2, 0.25) is 0 Å². The minimum Gasteiger partial charge on any atom is -0.352 e. The molecule has 2 rings (SSSR count). The zero-order valence-electron chi connectivity index (χ0n) is 15.8. The normalized spacial score (nSPS) is 10.4. The number of carbonyl (C=O) groups is 3. The van der Waals surface area contributed by atoms with E-state index in [1.165, 1.54) is 0 Å². The first-order valence-electron chi connectivity index (χ1n) is 9.02. The molecular formula is C21H25N3O3. The van der Waals surface area contributed by atoms with Gasteiger partial charge < -0.3 is 16.0 Å². The van der Waals surface area contributed by atoms with Crippen molar-refractivity contribution in [2.75, 3.05) is 17.2 Å². The van der Waals surface area contributed by atoms with Crippen molar-refractivity contribution in [3.63, 3.8) is 0 Å². The zero-order valence-corrected chi connectivity index (χ0v) is 15.8. The predicted octanol–water partition coefficient (Wildman–Crippen LogP) is 3.67. The Morgan fingerprint density at radius 1 is 0.889 bits per heavy atom. The Hall–Kier alpha value is -3.15. The van der Waals surface area contributed by atoms with Crippen LogP contribution in [0.5, 0.6) is 0 Å². The highest BCUT2D eigenvalue weighted by Crippen LogP contribution is 2.17. The molecule has 0 aliphatic carbocycles. The van der Waals surface area contributed by atoms with Crippen LogP contribution in [0.25, 0.3) is 0 Å². The lowest BCUT2D eigenvalue weighted by Crippen LogP contribution is -2.25. The maximum Gasteiger partial charge on any atom is 0.255 e. The molecule has 0 saturated carbocycles. The first-order chi connectivity index (χ1) is 12.9. The quantitative estimate of drug-likeness (QED) is 0.698. The summed E-state index contributed by atoms with van der Waals surface area (Å²) < 4.78 is 0. The Bertz CT molecular complexity index is 814. The summed E-state index contributed by atoms with van der Waals surface area (Å²) >= 11 is 0. The standard InChI is InChI=1S/C21H25N3O3/c1-4-13-22-21(27)17-7-5-6-8-18(17)24-20(26)15-9-11-16(12-10-15)23-19(25)14(2)3/h5-12,14H,4,13H2,1-3H3,(H,22,27)(H,23,25)(H,24,26). The molecule has 27 heavy (non-hydrogen) atoms. The fraction of sp³-hybridized carbons (Fsp3) is 0.286. The highest BCUT2D eigenvalue weighted by Gasteiger charge is 2.14. The van der Waals surface area contributed by atoms with Gasteiger partial charge in [0, 0.05) is 23.7 Å². The average Bonchev–Trinajstić information content (AvgIpc) is 2.67. The molecule has 0 bridgehead atoms. The molecule has 2 aromatic carbocycles. The van der Waals surface area contributed by atoms with Crippen molar-refractivity contribution >= 4 is 29.1 Å². The van der Waals surface area contributed by atoms with Crippen molar-refractivity contribution in [3.05, 3.63) is 59.7 Å². The van der Waals surface area contributed by atoms with Crippen molar-refractivity contribution < 1.29 is 14.4 Å². The number of carbonyl (C=O) groups excluding carboxylic acids is 3. The largest absolute Gasteiger partial charge is 0.352 e. The van der Waals surface area contributed by atoms with Gasteiger partial charge in [0.2, 0.25) is 5.91 Å². The lowest BCUT2D eigenvalue weighted by Gasteiger charge is -2.12. The number of nitrogens with one attached hydrogen (secondary N) is 3. The molecule has 6 nitrogen and oxygen atoms in total. The van der Waals surface area contributed by atoms with Crippen LogP contribution in [-0.2, 0) is 4.79 Å². The minimum atomic E-state index is -0.326. The first-order valence-corrected chi connectivity index (χ1v) is 9.02. The van der Waals surface area contributed by atoms with Gasteiger partial charge in [-0.05, 0) is 42.8 Å². The molecule has 0 fully saturated rings. The summed E-state index contributed by atoms with van der Waals surface area (Å²) in [6, 6.07) is 13.5. The second kappa shape index (κ2) is 9.52. The lowest BCUT2D eigenvalue weighted by atomic mass is 10.1. The topological polar surface area (TPSA) is 87.3 Å². The maximum atomic E-state index is 12.5. The molecule has 142 valence electrons. The Balaban J connectivity index is 2.09. The summed E-state index contributed by atoms with van der Waals surface area (Å²) in [6.45, 7) is 6.17. The second-order valence-corrected chi connectivity index (χ2v) is 6.48. The Labute approximate surface area is 159 Å². The molecule has 0 atom stereocenters. The molecular weight excluding hydrogens is 342 g/mol. The summed E-state index contributed by atoms with van der Waals surface area (Å²) in [5.41, 5.74) is 1.93. The number of anilines is 2.